The molecule has 0 aromatic carbocycles. The van der Waals surface area contributed by atoms with Gasteiger partial charge in [0.15, 0.2) is 0 Å². The van der Waals surface area contributed by atoms with Gasteiger partial charge < -0.3 is 5.32 Å². The summed E-state index contributed by atoms with van der Waals surface area (Å²) in [6.45, 7) is 5.48. The van der Waals surface area contributed by atoms with E-state index in [0.29, 0.717) is 6.04 Å². The van der Waals surface area contributed by atoms with Crippen molar-refractivity contribution in [2.45, 2.75) is 26.3 Å². The topological polar surface area (TPSA) is 12.0 Å². The summed E-state index contributed by atoms with van der Waals surface area (Å²) in [7, 11) is 0. The molecule has 1 aromatic heterocycles. The Labute approximate surface area is 86.3 Å². The first-order valence-electron chi connectivity index (χ1n) is 4.22. The normalized spacial score (nSPS) is 13.2. The molecule has 68 valence electrons. The lowest BCUT2D eigenvalue weighted by atomic mass is 10.3. The number of hydrogen-bond donors (Lipinski definition) is 1. The van der Waals surface area contributed by atoms with Crippen LogP contribution < -0.4 is 5.32 Å². The van der Waals surface area contributed by atoms with E-state index in [1.165, 1.54) is 15.1 Å². The van der Waals surface area contributed by atoms with E-state index in [-0.39, 0.29) is 0 Å². The Morgan fingerprint density at radius 2 is 2.33 bits per heavy atom. The highest BCUT2D eigenvalue weighted by atomic mass is 79.9. The summed E-state index contributed by atoms with van der Waals surface area (Å²) < 4.78 is 1.21. The molecule has 1 aromatic rings. The van der Waals surface area contributed by atoms with Gasteiger partial charge >= 0.3 is 0 Å². The largest absolute Gasteiger partial charge is 0.309 e. The Hall–Kier alpha value is 0.140. The fourth-order valence-corrected chi connectivity index (χ4v) is 2.47. The van der Waals surface area contributed by atoms with Crippen LogP contribution in [-0.2, 0) is 0 Å². The predicted octanol–water partition coefficient (Wildman–Crippen LogP) is 3.57. The van der Waals surface area contributed by atoms with E-state index in [2.05, 4.69) is 47.2 Å². The second-order valence-corrected chi connectivity index (χ2v) is 5.31. The average Bonchev–Trinajstić information content (AvgIpc) is 2.47. The van der Waals surface area contributed by atoms with Gasteiger partial charge in [0.25, 0.3) is 0 Å². The SMILES string of the molecule is CCCN[C@H](C)c1ccc(Br)s1. The van der Waals surface area contributed by atoms with Gasteiger partial charge in [0.2, 0.25) is 0 Å². The molecule has 0 spiro atoms. The zero-order valence-electron chi connectivity index (χ0n) is 7.43. The van der Waals surface area contributed by atoms with Crippen molar-refractivity contribution in [3.05, 3.63) is 20.8 Å². The minimum atomic E-state index is 0.487. The van der Waals surface area contributed by atoms with E-state index in [0.717, 1.165) is 6.54 Å². The van der Waals surface area contributed by atoms with Crippen molar-refractivity contribution < 1.29 is 0 Å². The van der Waals surface area contributed by atoms with Crippen molar-refractivity contribution in [2.24, 2.45) is 0 Å². The fraction of sp³-hybridized carbons (Fsp3) is 0.556. The zero-order valence-corrected chi connectivity index (χ0v) is 9.83. The van der Waals surface area contributed by atoms with Crippen LogP contribution in [0.2, 0.25) is 0 Å². The number of nitrogens with one attached hydrogen (secondary N) is 1. The highest BCUT2D eigenvalue weighted by Crippen LogP contribution is 2.26. The summed E-state index contributed by atoms with van der Waals surface area (Å²) >= 11 is 5.26. The minimum Gasteiger partial charge on any atom is -0.309 e. The number of hydrogen-bond acceptors (Lipinski definition) is 2. The Balaban J connectivity index is 2.47. The number of thiophene rings is 1. The fourth-order valence-electron chi connectivity index (χ4n) is 1.02. The van der Waals surface area contributed by atoms with Gasteiger partial charge in [0.1, 0.15) is 0 Å². The molecule has 0 aliphatic rings. The molecule has 0 unspecified atom stereocenters. The van der Waals surface area contributed by atoms with Gasteiger partial charge in [-0.1, -0.05) is 6.92 Å². The van der Waals surface area contributed by atoms with Gasteiger partial charge in [-0.25, -0.2) is 0 Å². The Bertz CT molecular complexity index is 234. The maximum Gasteiger partial charge on any atom is 0.0701 e. The molecule has 0 fully saturated rings. The van der Waals surface area contributed by atoms with Crippen LogP contribution in [0.1, 0.15) is 31.2 Å². The quantitative estimate of drug-likeness (QED) is 0.858. The molecule has 12 heavy (non-hydrogen) atoms. The number of rotatable bonds is 4. The molecule has 0 aliphatic carbocycles. The summed E-state index contributed by atoms with van der Waals surface area (Å²) in [6.07, 6.45) is 1.19. The van der Waals surface area contributed by atoms with E-state index in [1.807, 2.05) is 0 Å². The molecule has 0 aliphatic heterocycles. The van der Waals surface area contributed by atoms with Crippen LogP contribution in [0.15, 0.2) is 15.9 Å². The standard InChI is InChI=1S/C9H14BrNS/c1-3-6-11-7(2)8-4-5-9(10)12-8/h4-5,7,11H,3,6H2,1-2H3/t7-/m1/s1. The van der Waals surface area contributed by atoms with Crippen molar-refractivity contribution in [3.63, 3.8) is 0 Å². The van der Waals surface area contributed by atoms with E-state index in [9.17, 15) is 0 Å². The van der Waals surface area contributed by atoms with Gasteiger partial charge in [-0.3, -0.25) is 0 Å². The van der Waals surface area contributed by atoms with Gasteiger partial charge in [0.05, 0.1) is 3.79 Å². The van der Waals surface area contributed by atoms with Crippen LogP contribution in [0.3, 0.4) is 0 Å². The van der Waals surface area contributed by atoms with E-state index < -0.39 is 0 Å². The molecule has 1 atom stereocenters. The van der Waals surface area contributed by atoms with Gasteiger partial charge in [-0.2, -0.15) is 0 Å². The van der Waals surface area contributed by atoms with Crippen LogP contribution in [-0.4, -0.2) is 6.54 Å². The van der Waals surface area contributed by atoms with Crippen LogP contribution in [0.25, 0.3) is 0 Å². The third-order valence-corrected chi connectivity index (χ3v) is 3.53. The molecular weight excluding hydrogens is 234 g/mol. The van der Waals surface area contributed by atoms with E-state index in [1.54, 1.807) is 11.3 Å². The monoisotopic (exact) mass is 247 g/mol. The van der Waals surface area contributed by atoms with Crippen LogP contribution in [0.4, 0.5) is 0 Å². The van der Waals surface area contributed by atoms with Gasteiger partial charge in [0, 0.05) is 10.9 Å². The molecule has 3 heteroatoms. The van der Waals surface area contributed by atoms with Crippen molar-refractivity contribution >= 4 is 27.3 Å². The highest BCUT2D eigenvalue weighted by molar-refractivity contribution is 9.11. The van der Waals surface area contributed by atoms with Crippen molar-refractivity contribution in [2.75, 3.05) is 6.54 Å². The molecule has 0 radical (unpaired) electrons. The first-order chi connectivity index (χ1) is 5.74. The molecule has 1 heterocycles. The van der Waals surface area contributed by atoms with E-state index >= 15 is 0 Å². The van der Waals surface area contributed by atoms with Crippen molar-refractivity contribution in [1.29, 1.82) is 0 Å². The van der Waals surface area contributed by atoms with Gasteiger partial charge in [-0.05, 0) is 48.0 Å². The number of halogens is 1. The Morgan fingerprint density at radius 1 is 1.58 bits per heavy atom. The first kappa shape index (κ1) is 10.2. The van der Waals surface area contributed by atoms with Crippen LogP contribution in [0, 0.1) is 0 Å². The second kappa shape index (κ2) is 5.00. The van der Waals surface area contributed by atoms with Crippen molar-refractivity contribution in [3.8, 4) is 0 Å². The first-order valence-corrected chi connectivity index (χ1v) is 5.83. The second-order valence-electron chi connectivity index (χ2n) is 2.82. The highest BCUT2D eigenvalue weighted by Gasteiger charge is 2.05. The molecular formula is C9H14BrNS. The minimum absolute atomic E-state index is 0.487. The van der Waals surface area contributed by atoms with Crippen molar-refractivity contribution in [1.82, 2.24) is 5.32 Å². The molecule has 1 nitrogen and oxygen atoms in total. The lowest BCUT2D eigenvalue weighted by Gasteiger charge is -2.10. The van der Waals surface area contributed by atoms with Gasteiger partial charge in [-0.15, -0.1) is 11.3 Å². The maximum absolute atomic E-state index is 3.46. The summed E-state index contributed by atoms with van der Waals surface area (Å²) in [6, 6.07) is 4.76. The molecule has 0 saturated carbocycles. The Morgan fingerprint density at radius 3 is 2.83 bits per heavy atom. The third-order valence-electron chi connectivity index (χ3n) is 1.72. The zero-order chi connectivity index (χ0) is 8.97. The Kier molecular flexibility index (Phi) is 4.26. The summed E-state index contributed by atoms with van der Waals surface area (Å²) in [5.41, 5.74) is 0. The molecule has 0 bridgehead atoms. The molecule has 0 amide bonds. The molecule has 1 N–H and O–H groups in total. The summed E-state index contributed by atoms with van der Waals surface area (Å²) in [4.78, 5) is 1.40. The predicted molar refractivity (Wildman–Crippen MR) is 58.7 cm³/mol. The van der Waals surface area contributed by atoms with Crippen LogP contribution >= 0.6 is 27.3 Å². The lowest BCUT2D eigenvalue weighted by molar-refractivity contribution is 0.578. The van der Waals surface area contributed by atoms with Crippen LogP contribution in [0.5, 0.6) is 0 Å². The summed E-state index contributed by atoms with van der Waals surface area (Å²) in [5, 5.41) is 3.45. The molecule has 1 rings (SSSR count). The maximum atomic E-state index is 3.46. The molecule has 0 saturated heterocycles. The average molecular weight is 248 g/mol. The third kappa shape index (κ3) is 2.88. The lowest BCUT2D eigenvalue weighted by Crippen LogP contribution is -2.18. The smallest absolute Gasteiger partial charge is 0.0701 e. The van der Waals surface area contributed by atoms with E-state index in [4.69, 9.17) is 0 Å². The summed E-state index contributed by atoms with van der Waals surface area (Å²) in [5.74, 6) is 0.